The largest absolute Gasteiger partial charge is 0.464 e. The predicted molar refractivity (Wildman–Crippen MR) is 120 cm³/mol. The molecule has 1 rings (SSSR count). The van der Waals surface area contributed by atoms with E-state index in [-0.39, 0.29) is 11.9 Å². The lowest BCUT2D eigenvalue weighted by Gasteiger charge is -2.13. The van der Waals surface area contributed by atoms with Crippen molar-refractivity contribution in [3.63, 3.8) is 0 Å². The molecule has 0 saturated heterocycles. The van der Waals surface area contributed by atoms with Gasteiger partial charge in [-0.1, -0.05) is 59.7 Å². The van der Waals surface area contributed by atoms with E-state index in [2.05, 4.69) is 26.0 Å². The van der Waals surface area contributed by atoms with Crippen LogP contribution in [0.4, 0.5) is 0 Å². The number of hydrogen-bond acceptors (Lipinski definition) is 7. The fourth-order valence-electron chi connectivity index (χ4n) is 2.48. The third-order valence-electron chi connectivity index (χ3n) is 3.83. The SMILES string of the molecule is CCOP(C)(=O)OCCSSCCOC(=O)C(C)c1ccc(CC(C)C)cc1. The van der Waals surface area contributed by atoms with Crippen LogP contribution in [0.5, 0.6) is 0 Å². The Kier molecular flexibility index (Phi) is 12.5. The summed E-state index contributed by atoms with van der Waals surface area (Å²) in [5.74, 6) is 1.55. The smallest absolute Gasteiger partial charge is 0.327 e. The van der Waals surface area contributed by atoms with Gasteiger partial charge in [-0.3, -0.25) is 9.36 Å². The second kappa shape index (κ2) is 13.7. The van der Waals surface area contributed by atoms with Crippen LogP contribution in [0.2, 0.25) is 0 Å². The van der Waals surface area contributed by atoms with Crippen LogP contribution in [-0.4, -0.2) is 44.0 Å². The van der Waals surface area contributed by atoms with Gasteiger partial charge in [0.05, 0.1) is 19.1 Å². The van der Waals surface area contributed by atoms with Gasteiger partial charge in [0.15, 0.2) is 0 Å². The monoisotopic (exact) mass is 448 g/mol. The molecule has 0 aromatic heterocycles. The molecule has 0 amide bonds. The summed E-state index contributed by atoms with van der Waals surface area (Å²) in [6.07, 6.45) is 1.04. The van der Waals surface area contributed by atoms with Crippen molar-refractivity contribution in [1.82, 2.24) is 0 Å². The summed E-state index contributed by atoms with van der Waals surface area (Å²) in [5, 5.41) is 0. The molecular weight excluding hydrogens is 415 g/mol. The van der Waals surface area contributed by atoms with Crippen LogP contribution in [0.25, 0.3) is 0 Å². The maximum absolute atomic E-state index is 12.2. The second-order valence-electron chi connectivity index (χ2n) is 6.90. The minimum absolute atomic E-state index is 0.200. The van der Waals surface area contributed by atoms with E-state index in [0.717, 1.165) is 12.0 Å². The zero-order valence-corrected chi connectivity index (χ0v) is 20.0. The molecule has 0 heterocycles. The van der Waals surface area contributed by atoms with E-state index < -0.39 is 7.60 Å². The molecule has 28 heavy (non-hydrogen) atoms. The van der Waals surface area contributed by atoms with Gasteiger partial charge in [-0.05, 0) is 37.3 Å². The van der Waals surface area contributed by atoms with Gasteiger partial charge >= 0.3 is 13.6 Å². The fraction of sp³-hybridized carbons (Fsp3) is 0.650. The molecule has 5 nitrogen and oxygen atoms in total. The first-order chi connectivity index (χ1) is 13.2. The summed E-state index contributed by atoms with van der Waals surface area (Å²) in [5.41, 5.74) is 2.27. The Balaban J connectivity index is 2.18. The van der Waals surface area contributed by atoms with Gasteiger partial charge in [0.1, 0.15) is 6.61 Å². The van der Waals surface area contributed by atoms with Crippen LogP contribution in [0, 0.1) is 5.92 Å². The van der Waals surface area contributed by atoms with Crippen LogP contribution in [0.15, 0.2) is 24.3 Å². The molecule has 0 aliphatic carbocycles. The molecule has 0 radical (unpaired) electrons. The van der Waals surface area contributed by atoms with E-state index in [1.54, 1.807) is 28.5 Å². The lowest BCUT2D eigenvalue weighted by atomic mass is 9.97. The molecule has 0 aliphatic heterocycles. The van der Waals surface area contributed by atoms with Gasteiger partial charge in [-0.2, -0.15) is 0 Å². The molecule has 0 fully saturated rings. The van der Waals surface area contributed by atoms with Gasteiger partial charge in [-0.25, -0.2) is 0 Å². The Bertz CT molecular complexity index is 622. The van der Waals surface area contributed by atoms with Crippen LogP contribution in [0.1, 0.15) is 44.7 Å². The highest BCUT2D eigenvalue weighted by atomic mass is 33.1. The number of rotatable bonds is 14. The van der Waals surface area contributed by atoms with Gasteiger partial charge in [0.2, 0.25) is 0 Å². The minimum atomic E-state index is -2.91. The Morgan fingerprint density at radius 2 is 1.64 bits per heavy atom. The summed E-state index contributed by atoms with van der Waals surface area (Å²) < 4.78 is 27.4. The average Bonchev–Trinajstić information content (AvgIpc) is 2.63. The van der Waals surface area contributed by atoms with E-state index in [9.17, 15) is 9.36 Å². The number of benzene rings is 1. The van der Waals surface area contributed by atoms with Crippen molar-refractivity contribution in [2.24, 2.45) is 5.92 Å². The molecule has 2 unspecified atom stereocenters. The van der Waals surface area contributed by atoms with Crippen molar-refractivity contribution in [3.8, 4) is 0 Å². The Morgan fingerprint density at radius 1 is 1.04 bits per heavy atom. The summed E-state index contributed by atoms with van der Waals surface area (Å²) >= 11 is 0. The molecule has 1 aromatic rings. The molecule has 0 spiro atoms. The van der Waals surface area contributed by atoms with Gasteiger partial charge in [-0.15, -0.1) is 0 Å². The van der Waals surface area contributed by atoms with Crippen molar-refractivity contribution in [3.05, 3.63) is 35.4 Å². The highest BCUT2D eigenvalue weighted by Crippen LogP contribution is 2.43. The summed E-state index contributed by atoms with van der Waals surface area (Å²) in [4.78, 5) is 12.2. The van der Waals surface area contributed by atoms with Gasteiger partial charge in [0, 0.05) is 18.2 Å². The maximum Gasteiger partial charge on any atom is 0.327 e. The normalized spacial score (nSPS) is 14.6. The van der Waals surface area contributed by atoms with E-state index in [0.29, 0.717) is 37.2 Å². The molecule has 0 aliphatic rings. The van der Waals surface area contributed by atoms with Crippen LogP contribution < -0.4 is 0 Å². The Morgan fingerprint density at radius 3 is 2.21 bits per heavy atom. The first-order valence-corrected chi connectivity index (χ1v) is 14.1. The van der Waals surface area contributed by atoms with Gasteiger partial charge in [0.25, 0.3) is 0 Å². The number of carbonyl (C=O) groups is 1. The highest BCUT2D eigenvalue weighted by Gasteiger charge is 2.17. The Labute approximate surface area is 177 Å². The third-order valence-corrected chi connectivity index (χ3v) is 7.54. The average molecular weight is 449 g/mol. The first kappa shape index (κ1) is 25.6. The molecule has 2 atom stereocenters. The summed E-state index contributed by atoms with van der Waals surface area (Å²) in [6, 6.07) is 8.22. The second-order valence-corrected chi connectivity index (χ2v) is 11.7. The molecule has 0 saturated carbocycles. The van der Waals surface area contributed by atoms with Crippen molar-refractivity contribution >= 4 is 35.2 Å². The zero-order chi connectivity index (χ0) is 21.0. The summed E-state index contributed by atoms with van der Waals surface area (Å²) in [6.45, 7) is 10.6. The van der Waals surface area contributed by atoms with Crippen molar-refractivity contribution < 1.29 is 23.1 Å². The van der Waals surface area contributed by atoms with Crippen LogP contribution >= 0.6 is 29.2 Å². The number of esters is 1. The van der Waals surface area contributed by atoms with Crippen LogP contribution in [-0.2, 0) is 29.6 Å². The molecule has 8 heteroatoms. The predicted octanol–water partition coefficient (Wildman–Crippen LogP) is 5.79. The lowest BCUT2D eigenvalue weighted by molar-refractivity contribution is -0.144. The van der Waals surface area contributed by atoms with Crippen molar-refractivity contribution in [2.75, 3.05) is 38.0 Å². The highest BCUT2D eigenvalue weighted by molar-refractivity contribution is 8.76. The number of ether oxygens (including phenoxy) is 1. The zero-order valence-electron chi connectivity index (χ0n) is 17.5. The van der Waals surface area contributed by atoms with Gasteiger partial charge < -0.3 is 13.8 Å². The van der Waals surface area contributed by atoms with E-state index in [1.165, 1.54) is 12.2 Å². The van der Waals surface area contributed by atoms with E-state index >= 15 is 0 Å². The number of carbonyl (C=O) groups excluding carboxylic acids is 1. The summed E-state index contributed by atoms with van der Waals surface area (Å²) in [7, 11) is 0.292. The third kappa shape index (κ3) is 10.9. The molecule has 160 valence electrons. The van der Waals surface area contributed by atoms with Crippen molar-refractivity contribution in [1.29, 1.82) is 0 Å². The fourth-order valence-corrected chi connectivity index (χ4v) is 5.22. The standard InChI is InChI=1S/C20H33O5PS2/c1-6-24-26(5,22)25-12-14-28-27-13-11-23-20(21)17(4)19-9-7-18(8-10-19)15-16(2)3/h7-10,16-17H,6,11-15H2,1-5H3. The number of hydrogen-bond donors (Lipinski definition) is 0. The first-order valence-electron chi connectivity index (χ1n) is 9.61. The quantitative estimate of drug-likeness (QED) is 0.154. The molecule has 0 N–H and O–H groups in total. The minimum Gasteiger partial charge on any atom is -0.464 e. The Hall–Kier alpha value is -0.460. The van der Waals surface area contributed by atoms with Crippen LogP contribution in [0.3, 0.4) is 0 Å². The van der Waals surface area contributed by atoms with E-state index in [4.69, 9.17) is 13.8 Å². The van der Waals surface area contributed by atoms with Crippen molar-refractivity contribution in [2.45, 2.75) is 40.0 Å². The topological polar surface area (TPSA) is 61.8 Å². The molecule has 0 bridgehead atoms. The van der Waals surface area contributed by atoms with E-state index in [1.807, 2.05) is 19.1 Å². The lowest BCUT2D eigenvalue weighted by Crippen LogP contribution is -2.14. The molecule has 1 aromatic carbocycles. The maximum atomic E-state index is 12.2. The molecular formula is C20H33O5PS2.